The maximum atomic E-state index is 4.61. The molecule has 2 aromatic rings. The first-order valence-electron chi connectivity index (χ1n) is 6.88. The second kappa shape index (κ2) is 5.02. The summed E-state index contributed by atoms with van der Waals surface area (Å²) in [6, 6.07) is 0. The van der Waals surface area contributed by atoms with Gasteiger partial charge in [-0.15, -0.1) is 11.3 Å². The molecule has 1 aliphatic rings. The average Bonchev–Trinajstić information content (AvgIpc) is 3.01. The zero-order valence-corrected chi connectivity index (χ0v) is 12.0. The highest BCUT2D eigenvalue weighted by Gasteiger charge is 2.19. The fourth-order valence-corrected chi connectivity index (χ4v) is 3.34. The Hall–Kier alpha value is -0.870. The molecule has 3 nitrogen and oxygen atoms in total. The summed E-state index contributed by atoms with van der Waals surface area (Å²) >= 11 is 1.77. The number of nitrogens with zero attached hydrogens (tertiary/aromatic N) is 2. The smallest absolute Gasteiger partial charge is 0.194 e. The Kier molecular flexibility index (Phi) is 3.39. The van der Waals surface area contributed by atoms with Crippen LogP contribution in [0.2, 0.25) is 0 Å². The first-order valence-corrected chi connectivity index (χ1v) is 7.70. The number of hydrogen-bond acceptors (Lipinski definition) is 3. The third kappa shape index (κ3) is 2.59. The van der Waals surface area contributed by atoms with Gasteiger partial charge in [-0.3, -0.25) is 4.40 Å². The highest BCUT2D eigenvalue weighted by molar-refractivity contribution is 7.17. The van der Waals surface area contributed by atoms with Gasteiger partial charge in [0.25, 0.3) is 0 Å². The Morgan fingerprint density at radius 3 is 3.06 bits per heavy atom. The molecule has 0 spiro atoms. The van der Waals surface area contributed by atoms with Gasteiger partial charge in [0.1, 0.15) is 0 Å². The van der Waals surface area contributed by atoms with E-state index in [1.54, 1.807) is 11.3 Å². The number of fused-ring (bicyclic) bond motifs is 1. The molecule has 0 bridgehead atoms. The van der Waals surface area contributed by atoms with Crippen LogP contribution in [0, 0.1) is 19.8 Å². The second-order valence-corrected chi connectivity index (χ2v) is 6.61. The van der Waals surface area contributed by atoms with Crippen LogP contribution >= 0.6 is 11.3 Å². The van der Waals surface area contributed by atoms with Gasteiger partial charge in [0.15, 0.2) is 4.96 Å². The van der Waals surface area contributed by atoms with Gasteiger partial charge in [-0.05, 0) is 39.2 Å². The number of rotatable bonds is 6. The topological polar surface area (TPSA) is 29.3 Å². The zero-order valence-electron chi connectivity index (χ0n) is 11.2. The van der Waals surface area contributed by atoms with E-state index in [0.29, 0.717) is 0 Å². The van der Waals surface area contributed by atoms with Crippen LogP contribution in [0.3, 0.4) is 0 Å². The van der Waals surface area contributed by atoms with Crippen molar-refractivity contribution in [3.63, 3.8) is 0 Å². The van der Waals surface area contributed by atoms with E-state index in [1.165, 1.54) is 36.3 Å². The molecule has 0 radical (unpaired) electrons. The van der Waals surface area contributed by atoms with Crippen molar-refractivity contribution >= 4 is 16.3 Å². The summed E-state index contributed by atoms with van der Waals surface area (Å²) in [6.45, 7) is 6.32. The highest BCUT2D eigenvalue weighted by atomic mass is 32.1. The molecule has 1 saturated carbocycles. The highest BCUT2D eigenvalue weighted by Crippen LogP contribution is 2.33. The third-order valence-electron chi connectivity index (χ3n) is 3.70. The largest absolute Gasteiger partial charge is 0.311 e. The van der Waals surface area contributed by atoms with E-state index in [0.717, 1.165) is 29.7 Å². The SMILES string of the molecule is Cc1cn2c(CNCCCC3CC3)c(C)nc2s1. The predicted octanol–water partition coefficient (Wildman–Crippen LogP) is 3.29. The van der Waals surface area contributed by atoms with Crippen LogP contribution in [0.15, 0.2) is 6.20 Å². The summed E-state index contributed by atoms with van der Waals surface area (Å²) < 4.78 is 2.24. The number of nitrogens with one attached hydrogen (secondary N) is 1. The van der Waals surface area contributed by atoms with Gasteiger partial charge in [-0.25, -0.2) is 4.98 Å². The molecule has 0 aliphatic heterocycles. The van der Waals surface area contributed by atoms with Crippen molar-refractivity contribution in [1.82, 2.24) is 14.7 Å². The molecule has 2 heterocycles. The third-order valence-corrected chi connectivity index (χ3v) is 4.59. The van der Waals surface area contributed by atoms with Crippen LogP contribution in [0.25, 0.3) is 4.96 Å². The molecule has 0 aromatic carbocycles. The van der Waals surface area contributed by atoms with Gasteiger partial charge in [-0.2, -0.15) is 0 Å². The molecule has 0 atom stereocenters. The average molecular weight is 263 g/mol. The minimum atomic E-state index is 0.938. The first kappa shape index (κ1) is 12.2. The summed E-state index contributed by atoms with van der Waals surface area (Å²) in [5.74, 6) is 1.05. The zero-order chi connectivity index (χ0) is 12.5. The molecular weight excluding hydrogens is 242 g/mol. The van der Waals surface area contributed by atoms with Crippen molar-refractivity contribution in [2.45, 2.75) is 46.1 Å². The van der Waals surface area contributed by atoms with Crippen LogP contribution in [0.1, 0.15) is 41.9 Å². The van der Waals surface area contributed by atoms with E-state index in [2.05, 4.69) is 34.7 Å². The lowest BCUT2D eigenvalue weighted by atomic mass is 10.2. The van der Waals surface area contributed by atoms with Gasteiger partial charge in [0, 0.05) is 17.6 Å². The fraction of sp³-hybridized carbons (Fsp3) is 0.643. The standard InChI is InChI=1S/C14H21N3S/c1-10-9-17-13(11(2)16-14(17)18-10)8-15-7-3-4-12-5-6-12/h9,12,15H,3-8H2,1-2H3. The Morgan fingerprint density at radius 2 is 2.28 bits per heavy atom. The molecule has 1 N–H and O–H groups in total. The van der Waals surface area contributed by atoms with Gasteiger partial charge in [-0.1, -0.05) is 12.8 Å². The molecule has 0 amide bonds. The van der Waals surface area contributed by atoms with E-state index in [-0.39, 0.29) is 0 Å². The van der Waals surface area contributed by atoms with Crippen molar-refractivity contribution in [3.8, 4) is 0 Å². The van der Waals surface area contributed by atoms with Gasteiger partial charge in [0.05, 0.1) is 11.4 Å². The van der Waals surface area contributed by atoms with Gasteiger partial charge < -0.3 is 5.32 Å². The monoisotopic (exact) mass is 263 g/mol. The van der Waals surface area contributed by atoms with Gasteiger partial charge >= 0.3 is 0 Å². The molecule has 0 unspecified atom stereocenters. The Balaban J connectivity index is 1.56. The maximum Gasteiger partial charge on any atom is 0.194 e. The molecule has 1 fully saturated rings. The van der Waals surface area contributed by atoms with E-state index in [4.69, 9.17) is 0 Å². The van der Waals surface area contributed by atoms with Gasteiger partial charge in [0.2, 0.25) is 0 Å². The van der Waals surface area contributed by atoms with E-state index < -0.39 is 0 Å². The minimum absolute atomic E-state index is 0.938. The number of imidazole rings is 1. The lowest BCUT2D eigenvalue weighted by Crippen LogP contribution is -2.16. The number of aromatic nitrogens is 2. The Labute approximate surface area is 112 Å². The molecule has 18 heavy (non-hydrogen) atoms. The number of aryl methyl sites for hydroxylation is 2. The molecular formula is C14H21N3S. The lowest BCUT2D eigenvalue weighted by Gasteiger charge is -2.04. The van der Waals surface area contributed by atoms with Crippen molar-refractivity contribution in [1.29, 1.82) is 0 Å². The van der Waals surface area contributed by atoms with Crippen molar-refractivity contribution < 1.29 is 0 Å². The van der Waals surface area contributed by atoms with Crippen molar-refractivity contribution in [2.24, 2.45) is 5.92 Å². The van der Waals surface area contributed by atoms with Crippen LogP contribution < -0.4 is 5.32 Å². The number of thiazole rings is 1. The van der Waals surface area contributed by atoms with Crippen LogP contribution in [0.4, 0.5) is 0 Å². The van der Waals surface area contributed by atoms with E-state index in [1.807, 2.05) is 0 Å². The minimum Gasteiger partial charge on any atom is -0.311 e. The summed E-state index contributed by atoms with van der Waals surface area (Å²) in [5.41, 5.74) is 2.48. The molecule has 3 rings (SSSR count). The Bertz CT molecular complexity index is 536. The van der Waals surface area contributed by atoms with Crippen LogP contribution in [-0.2, 0) is 6.54 Å². The second-order valence-electron chi connectivity index (χ2n) is 5.40. The number of hydrogen-bond donors (Lipinski definition) is 1. The normalized spacial score (nSPS) is 15.7. The summed E-state index contributed by atoms with van der Waals surface area (Å²) in [6.07, 6.45) is 7.86. The lowest BCUT2D eigenvalue weighted by molar-refractivity contribution is 0.587. The van der Waals surface area contributed by atoms with E-state index >= 15 is 0 Å². The quantitative estimate of drug-likeness (QED) is 0.810. The van der Waals surface area contributed by atoms with E-state index in [9.17, 15) is 0 Å². The molecule has 4 heteroatoms. The molecule has 1 aliphatic carbocycles. The predicted molar refractivity (Wildman–Crippen MR) is 76.2 cm³/mol. The van der Waals surface area contributed by atoms with Crippen LogP contribution in [0.5, 0.6) is 0 Å². The van der Waals surface area contributed by atoms with Crippen LogP contribution in [-0.4, -0.2) is 15.9 Å². The molecule has 98 valence electrons. The van der Waals surface area contributed by atoms with Crippen molar-refractivity contribution in [2.75, 3.05) is 6.54 Å². The summed E-state index contributed by atoms with van der Waals surface area (Å²) in [5, 5.41) is 3.56. The Morgan fingerprint density at radius 1 is 1.44 bits per heavy atom. The first-order chi connectivity index (χ1) is 8.74. The summed E-state index contributed by atoms with van der Waals surface area (Å²) in [4.78, 5) is 7.06. The molecule has 0 saturated heterocycles. The molecule has 2 aromatic heterocycles. The summed E-state index contributed by atoms with van der Waals surface area (Å²) in [7, 11) is 0. The van der Waals surface area contributed by atoms with Crippen molar-refractivity contribution in [3.05, 3.63) is 22.5 Å². The fourth-order valence-electron chi connectivity index (χ4n) is 2.45. The maximum absolute atomic E-state index is 4.61.